The smallest absolute Gasteiger partial charge is 0.290 e. The maximum absolute atomic E-state index is 6.12. The first kappa shape index (κ1) is 31.6. The van der Waals surface area contributed by atoms with Crippen LogP contribution in [0.2, 0.25) is 0 Å². The van der Waals surface area contributed by atoms with Crippen LogP contribution in [0.5, 0.6) is 0 Å². The predicted molar refractivity (Wildman–Crippen MR) is 160 cm³/mol. The van der Waals surface area contributed by atoms with Crippen molar-refractivity contribution in [2.45, 2.75) is 156 Å². The molecule has 0 aliphatic carbocycles. The fraction of sp³-hybridized carbons (Fsp3) is 0.735. The molecule has 0 spiro atoms. The van der Waals surface area contributed by atoms with E-state index in [0.29, 0.717) is 6.73 Å². The van der Waals surface area contributed by atoms with Crippen molar-refractivity contribution in [2.24, 2.45) is 0 Å². The van der Waals surface area contributed by atoms with Gasteiger partial charge < -0.3 is 4.74 Å². The summed E-state index contributed by atoms with van der Waals surface area (Å²) < 4.78 is 10.8. The van der Waals surface area contributed by atoms with Crippen molar-refractivity contribution in [2.75, 3.05) is 6.61 Å². The highest BCUT2D eigenvalue weighted by atomic mass is 16.5. The summed E-state index contributed by atoms with van der Waals surface area (Å²) >= 11 is 0. The number of imidazole rings is 1. The van der Waals surface area contributed by atoms with Gasteiger partial charge in [0.25, 0.3) is 5.82 Å². The molecule has 0 amide bonds. The third kappa shape index (κ3) is 14.8. The Kier molecular flexibility index (Phi) is 19.1. The topological polar surface area (TPSA) is 18.0 Å². The van der Waals surface area contributed by atoms with Gasteiger partial charge in [0.2, 0.25) is 0 Å². The molecule has 1 aromatic heterocycles. The standard InChI is InChI=1S/C34H59N2O/c1-3-5-7-9-11-12-13-14-15-16-17-18-20-25-31-37-32-36-30-29-35(28-24-19-10-8-6-4-2)34(36)33-26-22-21-23-27-33/h21-23,26-27,29-30H,3-20,24-25,28,31-32H2,1-2H3/q+1. The molecule has 2 aromatic rings. The first-order valence-corrected chi connectivity index (χ1v) is 16.1. The molecular formula is C34H59N2O+. The van der Waals surface area contributed by atoms with Gasteiger partial charge in [-0.25, -0.2) is 9.13 Å². The van der Waals surface area contributed by atoms with E-state index in [4.69, 9.17) is 4.74 Å². The Balaban J connectivity index is 1.57. The van der Waals surface area contributed by atoms with Crippen molar-refractivity contribution >= 4 is 0 Å². The first-order valence-electron chi connectivity index (χ1n) is 16.1. The minimum atomic E-state index is 0.645. The Morgan fingerprint density at radius 3 is 1.62 bits per heavy atom. The summed E-state index contributed by atoms with van der Waals surface area (Å²) in [4.78, 5) is 0. The Bertz CT molecular complexity index is 754. The van der Waals surface area contributed by atoms with Gasteiger partial charge in [0.1, 0.15) is 12.4 Å². The van der Waals surface area contributed by atoms with Gasteiger partial charge >= 0.3 is 0 Å². The van der Waals surface area contributed by atoms with Crippen LogP contribution in [-0.4, -0.2) is 11.2 Å². The molecule has 0 saturated carbocycles. The van der Waals surface area contributed by atoms with Gasteiger partial charge in [0, 0.05) is 0 Å². The molecule has 37 heavy (non-hydrogen) atoms. The maximum atomic E-state index is 6.12. The van der Waals surface area contributed by atoms with E-state index in [1.807, 2.05) is 0 Å². The second-order valence-corrected chi connectivity index (χ2v) is 11.1. The molecule has 0 aliphatic rings. The fourth-order valence-electron chi connectivity index (χ4n) is 5.29. The maximum Gasteiger partial charge on any atom is 0.290 e. The van der Waals surface area contributed by atoms with Gasteiger partial charge in [-0.1, -0.05) is 141 Å². The molecule has 2 rings (SSSR count). The van der Waals surface area contributed by atoms with Crippen LogP contribution >= 0.6 is 0 Å². The van der Waals surface area contributed by atoms with E-state index in [1.165, 1.54) is 140 Å². The van der Waals surface area contributed by atoms with E-state index >= 15 is 0 Å². The van der Waals surface area contributed by atoms with Crippen molar-refractivity contribution in [1.82, 2.24) is 4.57 Å². The van der Waals surface area contributed by atoms with Crippen LogP contribution in [0.4, 0.5) is 0 Å². The van der Waals surface area contributed by atoms with Crippen molar-refractivity contribution in [1.29, 1.82) is 0 Å². The van der Waals surface area contributed by atoms with Crippen LogP contribution in [-0.2, 0) is 18.0 Å². The Hall–Kier alpha value is -1.61. The Labute approximate surface area is 230 Å². The van der Waals surface area contributed by atoms with Gasteiger partial charge in [0.15, 0.2) is 6.73 Å². The van der Waals surface area contributed by atoms with Crippen molar-refractivity contribution in [3.63, 3.8) is 0 Å². The number of hydrogen-bond donors (Lipinski definition) is 0. The molecule has 1 aromatic carbocycles. The van der Waals surface area contributed by atoms with Gasteiger partial charge in [-0.3, -0.25) is 0 Å². The zero-order valence-electron chi connectivity index (χ0n) is 24.6. The molecule has 0 fully saturated rings. The van der Waals surface area contributed by atoms with Crippen LogP contribution < -0.4 is 4.57 Å². The summed E-state index contributed by atoms with van der Waals surface area (Å²) in [6.45, 7) is 7.17. The predicted octanol–water partition coefficient (Wildman–Crippen LogP) is 10.3. The summed E-state index contributed by atoms with van der Waals surface area (Å²) in [5, 5.41) is 0. The summed E-state index contributed by atoms with van der Waals surface area (Å²) in [5.41, 5.74) is 1.28. The number of aryl methyl sites for hydroxylation is 1. The third-order valence-corrected chi connectivity index (χ3v) is 7.63. The molecule has 1 heterocycles. The molecule has 3 heteroatoms. The highest BCUT2D eigenvalue weighted by molar-refractivity contribution is 5.52. The van der Waals surface area contributed by atoms with E-state index < -0.39 is 0 Å². The molecular weight excluding hydrogens is 452 g/mol. The highest BCUT2D eigenvalue weighted by Crippen LogP contribution is 2.17. The first-order chi connectivity index (χ1) is 18.4. The quantitative estimate of drug-likeness (QED) is 0.0957. The van der Waals surface area contributed by atoms with Gasteiger partial charge in [0.05, 0.1) is 18.7 Å². The summed E-state index contributed by atoms with van der Waals surface area (Å²) in [5.74, 6) is 1.27. The number of hydrogen-bond acceptors (Lipinski definition) is 1. The van der Waals surface area contributed by atoms with Crippen LogP contribution in [0.1, 0.15) is 142 Å². The van der Waals surface area contributed by atoms with E-state index in [2.05, 4.69) is 65.7 Å². The molecule has 0 radical (unpaired) electrons. The number of aromatic nitrogens is 2. The Morgan fingerprint density at radius 2 is 1.08 bits per heavy atom. The average Bonchev–Trinajstić information content (AvgIpc) is 3.33. The van der Waals surface area contributed by atoms with E-state index in [0.717, 1.165) is 13.2 Å². The monoisotopic (exact) mass is 511 g/mol. The third-order valence-electron chi connectivity index (χ3n) is 7.63. The van der Waals surface area contributed by atoms with E-state index in [9.17, 15) is 0 Å². The zero-order valence-corrected chi connectivity index (χ0v) is 24.6. The summed E-state index contributed by atoms with van der Waals surface area (Å²) in [6, 6.07) is 10.8. The minimum Gasteiger partial charge on any atom is -0.342 e. The minimum absolute atomic E-state index is 0.645. The lowest BCUT2D eigenvalue weighted by molar-refractivity contribution is -0.722. The van der Waals surface area contributed by atoms with Gasteiger partial charge in [-0.15, -0.1) is 0 Å². The molecule has 0 bridgehead atoms. The number of rotatable bonds is 25. The summed E-state index contributed by atoms with van der Waals surface area (Å²) in [7, 11) is 0. The SMILES string of the molecule is CCCCCCCCCCCCCCCCOC[n+]1ccn(CCCCCCCC)c1-c1ccccc1. The number of nitrogens with zero attached hydrogens (tertiary/aromatic N) is 2. The van der Waals surface area contributed by atoms with Crippen molar-refractivity contribution in [3.8, 4) is 11.4 Å². The average molecular weight is 512 g/mol. The second kappa shape index (κ2) is 22.4. The second-order valence-electron chi connectivity index (χ2n) is 11.1. The Morgan fingerprint density at radius 1 is 0.595 bits per heavy atom. The van der Waals surface area contributed by atoms with E-state index in [-0.39, 0.29) is 0 Å². The summed E-state index contributed by atoms with van der Waals surface area (Å²) in [6.07, 6.45) is 32.0. The number of benzene rings is 1. The van der Waals surface area contributed by atoms with Crippen LogP contribution in [0.15, 0.2) is 42.7 Å². The molecule has 210 valence electrons. The lowest BCUT2D eigenvalue weighted by atomic mass is 10.0. The number of ether oxygens (including phenoxy) is 1. The normalized spacial score (nSPS) is 11.4. The molecule has 0 aliphatic heterocycles. The van der Waals surface area contributed by atoms with Gasteiger partial charge in [-0.2, -0.15) is 0 Å². The molecule has 0 atom stereocenters. The zero-order chi connectivity index (χ0) is 26.2. The molecule has 0 saturated heterocycles. The van der Waals surface area contributed by atoms with Crippen molar-refractivity contribution < 1.29 is 9.30 Å². The highest BCUT2D eigenvalue weighted by Gasteiger charge is 2.19. The van der Waals surface area contributed by atoms with Crippen LogP contribution in [0.25, 0.3) is 11.4 Å². The fourth-order valence-corrected chi connectivity index (χ4v) is 5.29. The van der Waals surface area contributed by atoms with E-state index in [1.54, 1.807) is 0 Å². The number of unbranched alkanes of at least 4 members (excludes halogenated alkanes) is 18. The lowest BCUT2D eigenvalue weighted by Crippen LogP contribution is -2.36. The molecule has 0 N–H and O–H groups in total. The molecule has 0 unspecified atom stereocenters. The molecule has 3 nitrogen and oxygen atoms in total. The largest absolute Gasteiger partial charge is 0.342 e. The van der Waals surface area contributed by atoms with Crippen molar-refractivity contribution in [3.05, 3.63) is 42.7 Å². The van der Waals surface area contributed by atoms with Crippen LogP contribution in [0, 0.1) is 0 Å². The lowest BCUT2D eigenvalue weighted by Gasteiger charge is -2.07. The van der Waals surface area contributed by atoms with Gasteiger partial charge in [-0.05, 0) is 31.4 Å². The van der Waals surface area contributed by atoms with Crippen LogP contribution in [0.3, 0.4) is 0 Å².